The number of piperazine rings is 1. The molecule has 4 aromatic rings. The van der Waals surface area contributed by atoms with E-state index in [-0.39, 0.29) is 19.2 Å². The summed E-state index contributed by atoms with van der Waals surface area (Å²) >= 11 is 0. The molecule has 0 N–H and O–H groups in total. The topological polar surface area (TPSA) is 87.9 Å². The van der Waals surface area contributed by atoms with Crippen molar-refractivity contribution >= 4 is 28.4 Å². The Kier molecular flexibility index (Phi) is 9.66. The van der Waals surface area contributed by atoms with Crippen molar-refractivity contribution in [3.8, 4) is 11.8 Å². The molecule has 0 saturated carbocycles. The highest BCUT2D eigenvalue weighted by Crippen LogP contribution is 2.37. The third kappa shape index (κ3) is 7.06. The molecule has 7 rings (SSSR count). The fraction of sp³-hybridized carbons (Fsp3) is 0.421. The number of fused-ring (bicyclic) bond motifs is 2. The molecule has 0 aliphatic carbocycles. The minimum Gasteiger partial charge on any atom is -0.497 e. The second-order valence-corrected chi connectivity index (χ2v) is 13.1. The number of methoxy groups -OCH3 is 1. The Hall–Kier alpha value is -5.08. The molecule has 0 radical (unpaired) electrons. The summed E-state index contributed by atoms with van der Waals surface area (Å²) in [4.78, 5) is 35.6. The lowest BCUT2D eigenvalue weighted by atomic mass is 10.0. The zero-order valence-corrected chi connectivity index (χ0v) is 28.3. The van der Waals surface area contributed by atoms with Gasteiger partial charge in [0.1, 0.15) is 30.8 Å². The Balaban J connectivity index is 1.16. The minimum atomic E-state index is -0.396. The largest absolute Gasteiger partial charge is 0.497 e. The van der Waals surface area contributed by atoms with Crippen LogP contribution in [0.3, 0.4) is 0 Å². The van der Waals surface area contributed by atoms with E-state index in [0.29, 0.717) is 44.8 Å². The summed E-state index contributed by atoms with van der Waals surface area (Å²) in [6.45, 7) is 12.5. The van der Waals surface area contributed by atoms with Crippen molar-refractivity contribution in [2.45, 2.75) is 44.5 Å². The highest BCUT2D eigenvalue weighted by molar-refractivity contribution is 5.95. The molecule has 11 heteroatoms. The molecular weight excluding hydrogens is 618 g/mol. The first-order valence-electron chi connectivity index (χ1n) is 17.1. The highest BCUT2D eigenvalue weighted by atomic mass is 16.6. The number of anilines is 2. The van der Waals surface area contributed by atoms with Crippen LogP contribution in [0.15, 0.2) is 66.7 Å². The van der Waals surface area contributed by atoms with E-state index >= 15 is 0 Å². The molecule has 2 saturated heterocycles. The standard InChI is InChI=1S/C38H43N7O4/c1-39-22-30-23-44(18-19-45(30)38(46)49-25-27-10-5-4-6-11-27)36-33-15-17-43(35-21-31(47-3)20-28-12-7-8-14-32(28)35)24-34(33)40-37(41-36)48-26-29-13-9-16-42(29)2/h4-8,10-12,14,20-21,29-30H,9,13,15-19,22-26H2,2-3H3/t29-,30-/m0/s1. The normalized spacial score (nSPS) is 19.4. The van der Waals surface area contributed by atoms with Crippen molar-refractivity contribution in [3.63, 3.8) is 0 Å². The number of aromatic nitrogens is 2. The Morgan fingerprint density at radius 3 is 2.61 bits per heavy atom. The number of likely N-dealkylation sites (N-methyl/N-ethyl adjacent to an activating group) is 1. The molecule has 3 aliphatic rings. The summed E-state index contributed by atoms with van der Waals surface area (Å²) in [5.74, 6) is 1.65. The number of rotatable bonds is 9. The van der Waals surface area contributed by atoms with Gasteiger partial charge in [0.05, 0.1) is 19.3 Å². The molecule has 1 aromatic heterocycles. The van der Waals surface area contributed by atoms with Crippen LogP contribution in [-0.4, -0.2) is 98.0 Å². The van der Waals surface area contributed by atoms with Crippen LogP contribution < -0.4 is 19.3 Å². The maximum atomic E-state index is 13.3. The van der Waals surface area contributed by atoms with Crippen LogP contribution in [0.1, 0.15) is 29.7 Å². The van der Waals surface area contributed by atoms with Crippen molar-refractivity contribution in [1.29, 1.82) is 0 Å². The molecular formula is C38H43N7O4. The molecule has 49 heavy (non-hydrogen) atoms. The molecule has 1 amide bonds. The van der Waals surface area contributed by atoms with Crippen molar-refractivity contribution < 1.29 is 19.0 Å². The average Bonchev–Trinajstić information content (AvgIpc) is 3.56. The molecule has 3 aromatic carbocycles. The summed E-state index contributed by atoms with van der Waals surface area (Å²) in [7, 11) is 3.84. The van der Waals surface area contributed by atoms with Crippen molar-refractivity contribution in [3.05, 3.63) is 95.0 Å². The van der Waals surface area contributed by atoms with E-state index in [1.54, 1.807) is 12.0 Å². The number of likely N-dealkylation sites (tertiary alicyclic amines) is 1. The Labute approximate surface area is 287 Å². The zero-order chi connectivity index (χ0) is 33.7. The van der Waals surface area contributed by atoms with Gasteiger partial charge in [-0.05, 0) is 49.9 Å². The molecule has 4 heterocycles. The molecule has 2 atom stereocenters. The lowest BCUT2D eigenvalue weighted by Crippen LogP contribution is -2.57. The van der Waals surface area contributed by atoms with E-state index < -0.39 is 6.09 Å². The summed E-state index contributed by atoms with van der Waals surface area (Å²) in [5.41, 5.74) is 4.06. The van der Waals surface area contributed by atoms with E-state index in [2.05, 4.69) is 56.9 Å². The summed E-state index contributed by atoms with van der Waals surface area (Å²) in [6, 6.07) is 22.6. The number of amides is 1. The lowest BCUT2D eigenvalue weighted by Gasteiger charge is -2.40. The van der Waals surface area contributed by atoms with Gasteiger partial charge in [0.15, 0.2) is 0 Å². The molecule has 11 nitrogen and oxygen atoms in total. The molecule has 0 unspecified atom stereocenters. The Bertz CT molecular complexity index is 1830. The van der Waals surface area contributed by atoms with Crippen LogP contribution in [-0.2, 0) is 24.3 Å². The first kappa shape index (κ1) is 32.5. The van der Waals surface area contributed by atoms with Crippen molar-refractivity contribution in [2.24, 2.45) is 0 Å². The fourth-order valence-electron chi connectivity index (χ4n) is 7.28. The van der Waals surface area contributed by atoms with Gasteiger partial charge < -0.3 is 33.8 Å². The number of carbonyl (C=O) groups is 1. The minimum absolute atomic E-state index is 0.179. The third-order valence-corrected chi connectivity index (χ3v) is 10.0. The first-order valence-corrected chi connectivity index (χ1v) is 17.1. The Morgan fingerprint density at radius 2 is 1.82 bits per heavy atom. The lowest BCUT2D eigenvalue weighted by molar-refractivity contribution is 0.0788. The van der Waals surface area contributed by atoms with E-state index in [4.69, 9.17) is 30.8 Å². The van der Waals surface area contributed by atoms with Crippen LogP contribution in [0.25, 0.3) is 15.6 Å². The van der Waals surface area contributed by atoms with Gasteiger partial charge >= 0.3 is 12.1 Å². The van der Waals surface area contributed by atoms with Crippen LogP contribution >= 0.6 is 0 Å². The second-order valence-electron chi connectivity index (χ2n) is 13.1. The van der Waals surface area contributed by atoms with E-state index in [9.17, 15) is 4.79 Å². The van der Waals surface area contributed by atoms with Gasteiger partial charge in [-0.1, -0.05) is 54.6 Å². The first-order chi connectivity index (χ1) is 24.0. The predicted molar refractivity (Wildman–Crippen MR) is 189 cm³/mol. The number of hydrogen-bond donors (Lipinski definition) is 0. The predicted octanol–water partition coefficient (Wildman–Crippen LogP) is 5.42. The molecule has 3 aliphatic heterocycles. The molecule has 2 fully saturated rings. The van der Waals surface area contributed by atoms with Gasteiger partial charge in [-0.25, -0.2) is 11.4 Å². The maximum Gasteiger partial charge on any atom is 0.410 e. The third-order valence-electron chi connectivity index (χ3n) is 10.0. The van der Waals surface area contributed by atoms with Gasteiger partial charge in [-0.15, -0.1) is 0 Å². The number of carbonyl (C=O) groups excluding carboxylic acids is 1. The van der Waals surface area contributed by atoms with E-state index in [0.717, 1.165) is 71.8 Å². The van der Waals surface area contributed by atoms with E-state index in [1.807, 2.05) is 36.4 Å². The SMILES string of the molecule is [C-]#[N+]C[C@H]1CN(c2nc(OC[C@@H]3CCCN3C)nc3c2CCN(c2cc(OC)cc4ccccc24)C3)CCN1C(=O)OCc1ccccc1. The van der Waals surface area contributed by atoms with Gasteiger partial charge in [-0.3, -0.25) is 4.90 Å². The van der Waals surface area contributed by atoms with Gasteiger partial charge in [0.2, 0.25) is 6.54 Å². The van der Waals surface area contributed by atoms with Gasteiger partial charge in [-0.2, -0.15) is 9.97 Å². The average molecular weight is 662 g/mol. The molecule has 0 spiro atoms. The fourth-order valence-corrected chi connectivity index (χ4v) is 7.28. The number of hydrogen-bond acceptors (Lipinski definition) is 9. The number of nitrogens with zero attached hydrogens (tertiary/aromatic N) is 7. The van der Waals surface area contributed by atoms with Crippen LogP contribution in [0.4, 0.5) is 16.3 Å². The molecule has 254 valence electrons. The van der Waals surface area contributed by atoms with Crippen LogP contribution in [0, 0.1) is 6.57 Å². The zero-order valence-electron chi connectivity index (χ0n) is 28.3. The number of benzene rings is 3. The smallest absolute Gasteiger partial charge is 0.410 e. The Morgan fingerprint density at radius 1 is 0.980 bits per heavy atom. The number of ether oxygens (including phenoxy) is 3. The van der Waals surface area contributed by atoms with E-state index in [1.165, 1.54) is 5.39 Å². The monoisotopic (exact) mass is 661 g/mol. The van der Waals surface area contributed by atoms with Crippen LogP contribution in [0.5, 0.6) is 11.8 Å². The summed E-state index contributed by atoms with van der Waals surface area (Å²) < 4.78 is 17.7. The highest BCUT2D eigenvalue weighted by Gasteiger charge is 2.36. The molecule has 0 bridgehead atoms. The van der Waals surface area contributed by atoms with Crippen LogP contribution in [0.2, 0.25) is 0 Å². The second kappa shape index (κ2) is 14.6. The quantitative estimate of drug-likeness (QED) is 0.218. The van der Waals surface area contributed by atoms with Crippen molar-refractivity contribution in [1.82, 2.24) is 19.8 Å². The maximum absolute atomic E-state index is 13.3. The van der Waals surface area contributed by atoms with Crippen molar-refractivity contribution in [2.75, 3.05) is 69.8 Å². The van der Waals surface area contributed by atoms with Gasteiger partial charge in [0.25, 0.3) is 0 Å². The van der Waals surface area contributed by atoms with Gasteiger partial charge in [0, 0.05) is 54.9 Å². The summed E-state index contributed by atoms with van der Waals surface area (Å²) in [6.07, 6.45) is 2.60. The summed E-state index contributed by atoms with van der Waals surface area (Å²) in [5, 5.41) is 2.29.